The second-order valence-electron chi connectivity index (χ2n) is 24.2. The van der Waals surface area contributed by atoms with Crippen LogP contribution in [0, 0.1) is 11.8 Å². The molecule has 1 aromatic carbocycles. The fourth-order valence-corrected chi connectivity index (χ4v) is 10.4. The number of nitrogens with two attached hydrogens (primary N) is 2. The first-order chi connectivity index (χ1) is 47.5. The molecule has 1 aliphatic rings. The maximum Gasteiger partial charge on any atom is 0.326 e. The Bertz CT molecular complexity index is 3350. The van der Waals surface area contributed by atoms with E-state index in [0.717, 1.165) is 29.2 Å². The highest BCUT2D eigenvalue weighted by Crippen LogP contribution is 2.23. The molecule has 2 rings (SSSR count). The Morgan fingerprint density at radius 2 is 0.873 bits per heavy atom. The summed E-state index contributed by atoms with van der Waals surface area (Å²) in [7, 11) is -5.29. The summed E-state index contributed by atoms with van der Waals surface area (Å²) in [4.78, 5) is 235. The summed E-state index contributed by atoms with van der Waals surface area (Å²) in [5, 5.41) is 87.3. The Labute approximate surface area is 582 Å². The summed E-state index contributed by atoms with van der Waals surface area (Å²) >= 11 is 0. The van der Waals surface area contributed by atoms with E-state index in [4.69, 9.17) is 16.6 Å². The van der Waals surface area contributed by atoms with E-state index in [1.807, 2.05) is 0 Å². The minimum Gasteiger partial charge on any atom is -0.716 e. The predicted octanol–water partition coefficient (Wildman–Crippen LogP) is -5.01. The van der Waals surface area contributed by atoms with E-state index in [0.29, 0.717) is 0 Å². The van der Waals surface area contributed by atoms with Crippen LogP contribution in [0.3, 0.4) is 0 Å². The molecule has 568 valence electrons. The van der Waals surface area contributed by atoms with Gasteiger partial charge in [0.15, 0.2) is 0 Å². The van der Waals surface area contributed by atoms with Crippen LogP contribution < -0.4 is 63.5 Å². The SMILES string of the molecule is CC[C@H](C)[C@H](NC(=O)[C@H](CCC(=O)O)NC(=O)[C@H](CCC(=O)O)NC(=O)[C@H](CCC(=O)O)NC(=O)[C@@H](N)CC(=O)O)C(=O)N1CCC[C@H]1C(=O)N[C@@H](CCC(=O)O)C(=O)N[C@@H](CCC(=O)O)C(=O)N[C@@H](Cc1ccc(OS(=O)(=O)[O-])cc1)C(=O)N[C@@H](CC(C)C)C(=O)N[C@@H](CCC(N)=O)C(=O)O. The van der Waals surface area contributed by atoms with Gasteiger partial charge in [-0.15, -0.1) is 0 Å². The third-order valence-corrected chi connectivity index (χ3v) is 16.0. The number of carboxylic acid groups (broad SMARTS) is 7. The van der Waals surface area contributed by atoms with Gasteiger partial charge in [0, 0.05) is 51.5 Å². The van der Waals surface area contributed by atoms with E-state index >= 15 is 0 Å². The number of hydrogen-bond donors (Lipinski definition) is 18. The lowest BCUT2D eigenvalue weighted by Gasteiger charge is -2.33. The number of carbonyl (C=O) groups excluding carboxylic acids is 11. The minimum absolute atomic E-state index is 0.0720. The molecule has 1 saturated heterocycles. The molecule has 0 aliphatic carbocycles. The molecule has 20 N–H and O–H groups in total. The Hall–Kier alpha value is -10.6. The quantitative estimate of drug-likeness (QED) is 0.0215. The van der Waals surface area contributed by atoms with E-state index < -0.39 is 291 Å². The Balaban J connectivity index is 2.61. The topological polar surface area (TPSA) is 679 Å². The van der Waals surface area contributed by atoms with Crippen molar-refractivity contribution in [3.63, 3.8) is 0 Å². The van der Waals surface area contributed by atoms with Gasteiger partial charge in [-0.05, 0) is 87.3 Å². The average molecular weight is 1470 g/mol. The zero-order chi connectivity index (χ0) is 77.5. The molecular weight excluding hydrogens is 1380 g/mol. The summed E-state index contributed by atoms with van der Waals surface area (Å²) in [6, 6.07) is -15.4. The molecule has 0 spiro atoms. The highest BCUT2D eigenvalue weighted by Gasteiger charge is 2.42. The molecule has 1 fully saturated rings. The molecule has 102 heavy (non-hydrogen) atoms. The number of likely N-dealkylation sites (tertiary alicyclic amines) is 1. The van der Waals surface area contributed by atoms with Crippen LogP contribution in [0.5, 0.6) is 5.75 Å². The van der Waals surface area contributed by atoms with Crippen LogP contribution in [-0.4, -0.2) is 233 Å². The number of carboxylic acids is 7. The first-order valence-electron chi connectivity index (χ1n) is 31.9. The van der Waals surface area contributed by atoms with Crippen molar-refractivity contribution in [2.24, 2.45) is 23.3 Å². The van der Waals surface area contributed by atoms with Crippen molar-refractivity contribution in [1.82, 2.24) is 52.8 Å². The molecule has 0 radical (unpaired) electrons. The minimum atomic E-state index is -5.29. The molecule has 0 saturated carbocycles. The molecule has 0 bridgehead atoms. The molecule has 1 aromatic rings. The van der Waals surface area contributed by atoms with Gasteiger partial charge in [-0.3, -0.25) is 81.5 Å². The molecule has 0 aromatic heterocycles. The first kappa shape index (κ1) is 87.4. The number of hydrogen-bond acceptors (Lipinski definition) is 23. The second-order valence-corrected chi connectivity index (χ2v) is 25.2. The van der Waals surface area contributed by atoms with E-state index in [2.05, 4.69) is 52.0 Å². The van der Waals surface area contributed by atoms with Crippen LogP contribution in [0.25, 0.3) is 0 Å². The van der Waals surface area contributed by atoms with Crippen molar-refractivity contribution in [3.05, 3.63) is 29.8 Å². The number of aliphatic carboxylic acids is 7. The van der Waals surface area contributed by atoms with Gasteiger partial charge >= 0.3 is 41.8 Å². The summed E-state index contributed by atoms with van der Waals surface area (Å²) in [5.74, 6) is -25.5. The number of amides is 11. The zero-order valence-electron chi connectivity index (χ0n) is 55.9. The molecule has 42 heteroatoms. The number of nitrogens with one attached hydrogen (secondary N) is 9. The second kappa shape index (κ2) is 42.5. The fourth-order valence-electron chi connectivity index (χ4n) is 10.1. The van der Waals surface area contributed by atoms with Crippen molar-refractivity contribution in [2.75, 3.05) is 6.54 Å². The smallest absolute Gasteiger partial charge is 0.326 e. The van der Waals surface area contributed by atoms with Gasteiger partial charge in [0.25, 0.3) is 10.4 Å². The van der Waals surface area contributed by atoms with Gasteiger partial charge < -0.3 is 109 Å². The third-order valence-electron chi connectivity index (χ3n) is 15.6. The largest absolute Gasteiger partial charge is 0.716 e. The number of benzene rings is 1. The van der Waals surface area contributed by atoms with Gasteiger partial charge in [-0.1, -0.05) is 46.2 Å². The van der Waals surface area contributed by atoms with E-state index in [9.17, 15) is 130 Å². The van der Waals surface area contributed by atoms with Gasteiger partial charge in [0.05, 0.1) is 12.5 Å². The van der Waals surface area contributed by atoms with Crippen LogP contribution in [0.1, 0.15) is 142 Å². The van der Waals surface area contributed by atoms with Crippen molar-refractivity contribution >= 4 is 117 Å². The Kier molecular flexibility index (Phi) is 36.4. The first-order valence-corrected chi connectivity index (χ1v) is 33.2. The zero-order valence-corrected chi connectivity index (χ0v) is 56.7. The molecule has 41 nitrogen and oxygen atoms in total. The normalized spacial score (nSPS) is 15.9. The predicted molar refractivity (Wildman–Crippen MR) is 342 cm³/mol. The average Bonchev–Trinajstić information content (AvgIpc) is 1.53. The van der Waals surface area contributed by atoms with Crippen LogP contribution in [0.2, 0.25) is 0 Å². The Morgan fingerprint density at radius 1 is 0.510 bits per heavy atom. The summed E-state index contributed by atoms with van der Waals surface area (Å²) in [5.41, 5.74) is 10.8. The van der Waals surface area contributed by atoms with Crippen molar-refractivity contribution in [2.45, 2.75) is 210 Å². The maximum absolute atomic E-state index is 14.7. The van der Waals surface area contributed by atoms with E-state index in [1.54, 1.807) is 20.8 Å². The third kappa shape index (κ3) is 32.6. The maximum atomic E-state index is 14.7. The summed E-state index contributed by atoms with van der Waals surface area (Å²) in [6.07, 6.45) is -10.6. The Morgan fingerprint density at radius 3 is 1.25 bits per heavy atom. The lowest BCUT2D eigenvalue weighted by Crippen LogP contribution is -2.61. The summed E-state index contributed by atoms with van der Waals surface area (Å²) in [6.45, 7) is 6.07. The monoisotopic (exact) mass is 1470 g/mol. The number of carbonyl (C=O) groups is 18. The molecule has 1 aliphatic heterocycles. The van der Waals surface area contributed by atoms with Crippen molar-refractivity contribution in [1.29, 1.82) is 0 Å². The lowest BCUT2D eigenvalue weighted by molar-refractivity contribution is -0.144. The highest BCUT2D eigenvalue weighted by atomic mass is 32.3. The molecular formula is C60H87N12O29S-. The summed E-state index contributed by atoms with van der Waals surface area (Å²) < 4.78 is 38.2. The highest BCUT2D eigenvalue weighted by molar-refractivity contribution is 7.81. The van der Waals surface area contributed by atoms with E-state index in [1.165, 1.54) is 6.92 Å². The van der Waals surface area contributed by atoms with Gasteiger partial charge in [0.1, 0.15) is 66.2 Å². The van der Waals surface area contributed by atoms with Gasteiger partial charge in [-0.2, -0.15) is 0 Å². The fraction of sp³-hybridized carbons (Fsp3) is 0.600. The molecule has 1 heterocycles. The molecule has 11 amide bonds. The molecule has 0 unspecified atom stereocenters. The van der Waals surface area contributed by atoms with Crippen LogP contribution in [-0.2, 0) is 103 Å². The van der Waals surface area contributed by atoms with Gasteiger partial charge in [-0.25, -0.2) is 13.2 Å². The standard InChI is InChI=1S/C60H88N12O29S/c1-5-29(4)49(71-55(91)37(17-23-47(82)83)66-52(88)34(14-20-44(76)77)64-51(87)33(13-19-43(74)75)63-50(86)32(61)27-48(84)85)59(95)72-24-6-7-41(72)58(94)67-36(16-22-46(80)81)53(89)65-35(15-21-45(78)79)54(90)70-40(26-30-8-10-31(11-9-30)101-102(98,99)100)57(93)69-39(25-28(2)3)56(92)68-38(60(96)97)12-18-42(62)73/h8-11,28-29,32-41,49H,5-7,12-27,61H2,1-4H3,(H2,62,73)(H,63,86)(H,64,87)(H,65,89)(H,66,88)(H,67,94)(H,68,92)(H,69,93)(H,70,90)(H,71,91)(H,74,75)(H,76,77)(H,78,79)(H,80,81)(H,82,83)(H,84,85)(H,96,97)(H,98,99,100)/p-1/t29-,32-,33-,34-,35-,36-,37-,38-,39-,40-,41-,49-/m0/s1. The number of primary amides is 1. The number of rotatable bonds is 48. The van der Waals surface area contributed by atoms with Crippen molar-refractivity contribution in [3.8, 4) is 5.75 Å². The van der Waals surface area contributed by atoms with Gasteiger partial charge in [0.2, 0.25) is 65.0 Å². The van der Waals surface area contributed by atoms with Crippen LogP contribution >= 0.6 is 0 Å². The van der Waals surface area contributed by atoms with Crippen molar-refractivity contribution < 1.29 is 139 Å². The van der Waals surface area contributed by atoms with E-state index in [-0.39, 0.29) is 37.8 Å². The number of nitrogens with zero attached hydrogens (tertiary/aromatic N) is 1. The lowest BCUT2D eigenvalue weighted by atomic mass is 9.96. The molecule has 12 atom stereocenters. The van der Waals surface area contributed by atoms with Crippen LogP contribution in [0.15, 0.2) is 24.3 Å². The van der Waals surface area contributed by atoms with Crippen LogP contribution in [0.4, 0.5) is 0 Å².